The molecule has 0 aromatic heterocycles. The number of nitrogens with one attached hydrogen (secondary N) is 1. The SMILES string of the molecule is CSC1CCC(NCc2cc3c(cc2O)OCO3)C1. The maximum atomic E-state index is 9.97. The fourth-order valence-electron chi connectivity index (χ4n) is 2.71. The number of thioether (sulfide) groups is 1. The molecule has 0 saturated heterocycles. The van der Waals surface area contributed by atoms with Gasteiger partial charge in [-0.3, -0.25) is 0 Å². The Morgan fingerprint density at radius 3 is 2.84 bits per heavy atom. The number of ether oxygens (including phenoxy) is 2. The Morgan fingerprint density at radius 2 is 2.11 bits per heavy atom. The highest BCUT2D eigenvalue weighted by Gasteiger charge is 2.24. The van der Waals surface area contributed by atoms with Crippen LogP contribution in [-0.4, -0.2) is 29.4 Å². The molecule has 2 aliphatic rings. The summed E-state index contributed by atoms with van der Waals surface area (Å²) >= 11 is 1.95. The van der Waals surface area contributed by atoms with E-state index < -0.39 is 0 Å². The second kappa shape index (κ2) is 5.51. The first kappa shape index (κ1) is 12.9. The molecule has 2 N–H and O–H groups in total. The minimum absolute atomic E-state index is 0.240. The topological polar surface area (TPSA) is 50.7 Å². The van der Waals surface area contributed by atoms with E-state index in [1.54, 1.807) is 6.07 Å². The molecule has 5 heteroatoms. The summed E-state index contributed by atoms with van der Waals surface area (Å²) in [6.45, 7) is 0.915. The van der Waals surface area contributed by atoms with Gasteiger partial charge in [0.15, 0.2) is 11.5 Å². The first-order valence-electron chi connectivity index (χ1n) is 6.64. The Bertz CT molecular complexity index is 466. The minimum Gasteiger partial charge on any atom is -0.507 e. The second-order valence-electron chi connectivity index (χ2n) is 5.08. The minimum atomic E-state index is 0.240. The van der Waals surface area contributed by atoms with Crippen LogP contribution >= 0.6 is 11.8 Å². The van der Waals surface area contributed by atoms with Gasteiger partial charge >= 0.3 is 0 Å². The second-order valence-corrected chi connectivity index (χ2v) is 6.22. The first-order chi connectivity index (χ1) is 9.26. The van der Waals surface area contributed by atoms with Crippen LogP contribution in [-0.2, 0) is 6.54 Å². The lowest BCUT2D eigenvalue weighted by Gasteiger charge is -2.14. The van der Waals surface area contributed by atoms with Crippen LogP contribution in [0.5, 0.6) is 17.2 Å². The average molecular weight is 281 g/mol. The molecule has 1 fully saturated rings. The van der Waals surface area contributed by atoms with Crippen LogP contribution < -0.4 is 14.8 Å². The molecule has 2 unspecified atom stereocenters. The molecular formula is C14H19NO3S. The van der Waals surface area contributed by atoms with Gasteiger partial charge in [0.05, 0.1) is 0 Å². The molecule has 19 heavy (non-hydrogen) atoms. The summed E-state index contributed by atoms with van der Waals surface area (Å²) in [6.07, 6.45) is 5.89. The number of hydrogen-bond acceptors (Lipinski definition) is 5. The number of hydrogen-bond donors (Lipinski definition) is 2. The van der Waals surface area contributed by atoms with Crippen LogP contribution in [0.15, 0.2) is 12.1 Å². The molecule has 0 radical (unpaired) electrons. The number of fused-ring (bicyclic) bond motifs is 1. The summed E-state index contributed by atoms with van der Waals surface area (Å²) in [4.78, 5) is 0. The highest BCUT2D eigenvalue weighted by atomic mass is 32.2. The normalized spacial score (nSPS) is 24.9. The Labute approximate surface area is 117 Å². The highest BCUT2D eigenvalue weighted by Crippen LogP contribution is 2.37. The van der Waals surface area contributed by atoms with Gasteiger partial charge in [0.2, 0.25) is 6.79 Å². The number of benzene rings is 1. The predicted octanol–water partition coefficient (Wildman–Crippen LogP) is 2.49. The van der Waals surface area contributed by atoms with Crippen molar-refractivity contribution in [3.63, 3.8) is 0 Å². The van der Waals surface area contributed by atoms with Gasteiger partial charge in [-0.2, -0.15) is 11.8 Å². The van der Waals surface area contributed by atoms with Gasteiger partial charge in [0.25, 0.3) is 0 Å². The Balaban J connectivity index is 1.61. The molecule has 0 spiro atoms. The van der Waals surface area contributed by atoms with Crippen molar-refractivity contribution in [2.45, 2.75) is 37.1 Å². The zero-order valence-corrected chi connectivity index (χ0v) is 11.8. The van der Waals surface area contributed by atoms with Crippen molar-refractivity contribution in [2.24, 2.45) is 0 Å². The standard InChI is InChI=1S/C14H19NO3S/c1-19-11-3-2-10(5-11)15-7-9-4-13-14(6-12(9)16)18-8-17-13/h4,6,10-11,15-16H,2-3,5,7-8H2,1H3. The van der Waals surface area contributed by atoms with Crippen LogP contribution in [0.1, 0.15) is 24.8 Å². The lowest BCUT2D eigenvalue weighted by Crippen LogP contribution is -2.26. The fourth-order valence-corrected chi connectivity index (χ4v) is 3.51. The largest absolute Gasteiger partial charge is 0.507 e. The van der Waals surface area contributed by atoms with Gasteiger partial charge in [-0.1, -0.05) is 0 Å². The molecule has 0 bridgehead atoms. The van der Waals surface area contributed by atoms with Crippen LogP contribution in [0.3, 0.4) is 0 Å². The van der Waals surface area contributed by atoms with E-state index in [9.17, 15) is 5.11 Å². The maximum Gasteiger partial charge on any atom is 0.231 e. The van der Waals surface area contributed by atoms with Crippen LogP contribution in [0, 0.1) is 0 Å². The van der Waals surface area contributed by atoms with Gasteiger partial charge < -0.3 is 19.9 Å². The van der Waals surface area contributed by atoms with Crippen LogP contribution in [0.4, 0.5) is 0 Å². The Kier molecular flexibility index (Phi) is 3.75. The highest BCUT2D eigenvalue weighted by molar-refractivity contribution is 7.99. The summed E-state index contributed by atoms with van der Waals surface area (Å²) in [5, 5.41) is 14.3. The van der Waals surface area contributed by atoms with E-state index in [-0.39, 0.29) is 12.5 Å². The molecule has 1 heterocycles. The molecule has 104 valence electrons. The first-order valence-corrected chi connectivity index (χ1v) is 7.92. The van der Waals surface area contributed by atoms with Crippen molar-refractivity contribution in [1.82, 2.24) is 5.32 Å². The number of phenolic OH excluding ortho intramolecular Hbond substituents is 1. The number of aromatic hydroxyl groups is 1. The number of phenols is 1. The molecule has 4 nitrogen and oxygen atoms in total. The lowest BCUT2D eigenvalue weighted by atomic mass is 10.1. The van der Waals surface area contributed by atoms with Crippen LogP contribution in [0.25, 0.3) is 0 Å². The lowest BCUT2D eigenvalue weighted by molar-refractivity contribution is 0.174. The third-order valence-electron chi connectivity index (χ3n) is 3.87. The zero-order chi connectivity index (χ0) is 13.2. The van der Waals surface area contributed by atoms with Crippen LogP contribution in [0.2, 0.25) is 0 Å². The Hall–Kier alpha value is -1.07. The van der Waals surface area contributed by atoms with Crippen molar-refractivity contribution in [3.8, 4) is 17.2 Å². The van der Waals surface area contributed by atoms with Gasteiger partial charge in [0, 0.05) is 29.5 Å². The maximum absolute atomic E-state index is 9.97. The molecule has 1 aromatic carbocycles. The van der Waals surface area contributed by atoms with Crippen molar-refractivity contribution in [1.29, 1.82) is 0 Å². The van der Waals surface area contributed by atoms with E-state index in [1.165, 1.54) is 19.3 Å². The molecule has 2 atom stereocenters. The molecule has 1 aliphatic heterocycles. The smallest absolute Gasteiger partial charge is 0.231 e. The molecule has 3 rings (SSSR count). The van der Waals surface area contributed by atoms with E-state index in [0.29, 0.717) is 18.3 Å². The average Bonchev–Trinajstić information content (AvgIpc) is 3.03. The number of rotatable bonds is 4. The molecule has 1 saturated carbocycles. The van der Waals surface area contributed by atoms with E-state index >= 15 is 0 Å². The van der Waals surface area contributed by atoms with E-state index in [0.717, 1.165) is 16.6 Å². The van der Waals surface area contributed by atoms with Gasteiger partial charge in [-0.15, -0.1) is 0 Å². The third-order valence-corrected chi connectivity index (χ3v) is 4.97. The third kappa shape index (κ3) is 2.77. The van der Waals surface area contributed by atoms with Crippen molar-refractivity contribution in [2.75, 3.05) is 13.0 Å². The van der Waals surface area contributed by atoms with Crippen molar-refractivity contribution >= 4 is 11.8 Å². The summed E-state index contributed by atoms with van der Waals surface area (Å²) in [5.74, 6) is 1.63. The van der Waals surface area contributed by atoms with Crippen molar-refractivity contribution in [3.05, 3.63) is 17.7 Å². The Morgan fingerprint density at radius 1 is 1.32 bits per heavy atom. The summed E-state index contributed by atoms with van der Waals surface area (Å²) < 4.78 is 10.6. The van der Waals surface area contributed by atoms with E-state index in [4.69, 9.17) is 9.47 Å². The van der Waals surface area contributed by atoms with Crippen molar-refractivity contribution < 1.29 is 14.6 Å². The summed E-state index contributed by atoms with van der Waals surface area (Å²) in [6, 6.07) is 4.06. The monoisotopic (exact) mass is 281 g/mol. The summed E-state index contributed by atoms with van der Waals surface area (Å²) in [5.41, 5.74) is 0.872. The molecule has 1 aromatic rings. The molecule has 0 amide bonds. The zero-order valence-electron chi connectivity index (χ0n) is 11.0. The van der Waals surface area contributed by atoms with Gasteiger partial charge in [0.1, 0.15) is 5.75 Å². The van der Waals surface area contributed by atoms with Gasteiger partial charge in [-0.05, 0) is 31.6 Å². The summed E-state index contributed by atoms with van der Waals surface area (Å²) in [7, 11) is 0. The van der Waals surface area contributed by atoms with E-state index in [2.05, 4.69) is 11.6 Å². The van der Waals surface area contributed by atoms with Gasteiger partial charge in [-0.25, -0.2) is 0 Å². The van der Waals surface area contributed by atoms with E-state index in [1.807, 2.05) is 17.8 Å². The molecule has 1 aliphatic carbocycles. The quantitative estimate of drug-likeness (QED) is 0.888. The predicted molar refractivity (Wildman–Crippen MR) is 76.0 cm³/mol. The molecular weight excluding hydrogens is 262 g/mol. The fraction of sp³-hybridized carbons (Fsp3) is 0.571.